The molecule has 3 heteroatoms. The van der Waals surface area contributed by atoms with Crippen molar-refractivity contribution in [2.24, 2.45) is 0 Å². The number of ether oxygens (including phenoxy) is 1. The number of carbonyl (C=O) groups excluding carboxylic acids is 1. The molecule has 0 aliphatic heterocycles. The Balaban J connectivity index is 2.00. The average molecular weight is 245 g/mol. The molecule has 0 bridgehead atoms. The number of allylic oxidation sites excluding steroid dienone is 1. The highest BCUT2D eigenvalue weighted by Gasteiger charge is 2.21. The van der Waals surface area contributed by atoms with Crippen molar-refractivity contribution in [1.82, 2.24) is 0 Å². The second kappa shape index (κ2) is 5.71. The average Bonchev–Trinajstić information content (AvgIpc) is 2.78. The lowest BCUT2D eigenvalue weighted by atomic mass is 9.97. The maximum Gasteiger partial charge on any atom is 0.330 e. The molecule has 1 unspecified atom stereocenters. The summed E-state index contributed by atoms with van der Waals surface area (Å²) in [5.74, 6) is 0.289. The van der Waals surface area contributed by atoms with Gasteiger partial charge in [0.15, 0.2) is 0 Å². The first kappa shape index (κ1) is 12.7. The molecule has 3 nitrogen and oxygen atoms in total. The summed E-state index contributed by atoms with van der Waals surface area (Å²) in [6, 6.07) is 8.02. The zero-order chi connectivity index (χ0) is 13.0. The smallest absolute Gasteiger partial charge is 0.330 e. The quantitative estimate of drug-likeness (QED) is 0.506. The van der Waals surface area contributed by atoms with Crippen molar-refractivity contribution >= 4 is 11.7 Å². The van der Waals surface area contributed by atoms with Gasteiger partial charge >= 0.3 is 5.97 Å². The lowest BCUT2D eigenvalue weighted by Crippen LogP contribution is -2.00. The highest BCUT2D eigenvalue weighted by atomic mass is 16.5. The molecule has 0 aromatic heterocycles. The fourth-order valence-electron chi connectivity index (χ4n) is 2.41. The Kier molecular flexibility index (Phi) is 4.03. The van der Waals surface area contributed by atoms with Crippen LogP contribution < -0.4 is 5.73 Å². The number of hydrogen-bond donors (Lipinski definition) is 1. The first-order valence-electron chi connectivity index (χ1n) is 6.40. The van der Waals surface area contributed by atoms with Crippen LogP contribution in [0.1, 0.15) is 37.7 Å². The maximum atomic E-state index is 11.4. The van der Waals surface area contributed by atoms with Crippen LogP contribution in [0.5, 0.6) is 0 Å². The van der Waals surface area contributed by atoms with Gasteiger partial charge in [-0.1, -0.05) is 17.7 Å². The van der Waals surface area contributed by atoms with E-state index in [-0.39, 0.29) is 5.97 Å². The molecule has 0 amide bonds. The zero-order valence-electron chi connectivity index (χ0n) is 10.7. The largest absolute Gasteiger partial charge is 0.463 e. The van der Waals surface area contributed by atoms with Crippen LogP contribution >= 0.6 is 0 Å². The topological polar surface area (TPSA) is 52.3 Å². The first-order chi connectivity index (χ1) is 8.69. The van der Waals surface area contributed by atoms with Gasteiger partial charge in [-0.25, -0.2) is 4.79 Å². The van der Waals surface area contributed by atoms with Gasteiger partial charge in [-0.15, -0.1) is 0 Å². The van der Waals surface area contributed by atoms with Crippen molar-refractivity contribution in [2.45, 2.75) is 32.1 Å². The van der Waals surface area contributed by atoms with Crippen LogP contribution in [0.4, 0.5) is 5.69 Å². The van der Waals surface area contributed by atoms with Crippen LogP contribution in [0.15, 0.2) is 35.9 Å². The van der Waals surface area contributed by atoms with E-state index in [0.717, 1.165) is 24.9 Å². The molecule has 96 valence electrons. The fourth-order valence-corrected chi connectivity index (χ4v) is 2.41. The van der Waals surface area contributed by atoms with E-state index in [0.29, 0.717) is 12.5 Å². The molecule has 1 aliphatic carbocycles. The Labute approximate surface area is 108 Å². The third-order valence-corrected chi connectivity index (χ3v) is 3.34. The van der Waals surface area contributed by atoms with Crippen molar-refractivity contribution in [3.8, 4) is 0 Å². The second-order valence-corrected chi connectivity index (χ2v) is 4.66. The molecule has 1 fully saturated rings. The van der Waals surface area contributed by atoms with Crippen molar-refractivity contribution in [2.75, 3.05) is 12.3 Å². The van der Waals surface area contributed by atoms with Crippen LogP contribution in [0.2, 0.25) is 0 Å². The monoisotopic (exact) mass is 245 g/mol. The van der Waals surface area contributed by atoms with E-state index in [1.54, 1.807) is 6.08 Å². The number of nitrogen functional groups attached to an aromatic ring is 1. The summed E-state index contributed by atoms with van der Waals surface area (Å²) in [5.41, 5.74) is 8.96. The predicted molar refractivity (Wildman–Crippen MR) is 72.2 cm³/mol. The Bertz CT molecular complexity index is 448. The Morgan fingerprint density at radius 3 is 2.83 bits per heavy atom. The van der Waals surface area contributed by atoms with E-state index >= 15 is 0 Å². The number of hydrogen-bond acceptors (Lipinski definition) is 3. The van der Waals surface area contributed by atoms with Gasteiger partial charge in [0.1, 0.15) is 0 Å². The van der Waals surface area contributed by atoms with Gasteiger partial charge in [0.25, 0.3) is 0 Å². The van der Waals surface area contributed by atoms with Gasteiger partial charge in [0, 0.05) is 11.8 Å². The minimum Gasteiger partial charge on any atom is -0.463 e. The van der Waals surface area contributed by atoms with E-state index in [2.05, 4.69) is 12.1 Å². The van der Waals surface area contributed by atoms with Crippen LogP contribution in [0.25, 0.3) is 0 Å². The maximum absolute atomic E-state index is 11.4. The SMILES string of the molecule is CCOC(=O)/C=C1\CCC(c2ccc(N)cc2)C1. The van der Waals surface area contributed by atoms with Gasteiger partial charge in [-0.05, 0) is 49.8 Å². The fraction of sp³-hybridized carbons (Fsp3) is 0.400. The molecule has 0 spiro atoms. The third-order valence-electron chi connectivity index (χ3n) is 3.34. The summed E-state index contributed by atoms with van der Waals surface area (Å²) in [6.07, 6.45) is 4.67. The summed E-state index contributed by atoms with van der Waals surface area (Å²) in [6.45, 7) is 2.26. The third kappa shape index (κ3) is 3.13. The normalized spacial score (nSPS) is 21.2. The lowest BCUT2D eigenvalue weighted by molar-refractivity contribution is -0.137. The summed E-state index contributed by atoms with van der Waals surface area (Å²) < 4.78 is 4.93. The van der Waals surface area contributed by atoms with Gasteiger partial charge < -0.3 is 10.5 Å². The Hall–Kier alpha value is -1.77. The number of nitrogens with two attached hydrogens (primary N) is 1. The van der Waals surface area contributed by atoms with Crippen LogP contribution in [-0.4, -0.2) is 12.6 Å². The van der Waals surface area contributed by atoms with Crippen molar-refractivity contribution in [1.29, 1.82) is 0 Å². The predicted octanol–water partition coefficient (Wildman–Crippen LogP) is 3.03. The number of rotatable bonds is 3. The van der Waals surface area contributed by atoms with Crippen LogP contribution in [0.3, 0.4) is 0 Å². The van der Waals surface area contributed by atoms with Crippen LogP contribution in [-0.2, 0) is 9.53 Å². The number of carbonyl (C=O) groups is 1. The minimum atomic E-state index is -0.217. The highest BCUT2D eigenvalue weighted by Crippen LogP contribution is 2.37. The molecule has 1 aromatic rings. The molecule has 1 aliphatic rings. The molecule has 0 heterocycles. The summed E-state index contributed by atoms with van der Waals surface area (Å²) in [4.78, 5) is 11.4. The molecule has 0 saturated heterocycles. The molecule has 1 saturated carbocycles. The van der Waals surface area contributed by atoms with E-state index in [1.807, 2.05) is 19.1 Å². The summed E-state index contributed by atoms with van der Waals surface area (Å²) >= 11 is 0. The van der Waals surface area contributed by atoms with Gasteiger partial charge in [-0.2, -0.15) is 0 Å². The number of anilines is 1. The minimum absolute atomic E-state index is 0.217. The van der Waals surface area contributed by atoms with Crippen molar-refractivity contribution in [3.63, 3.8) is 0 Å². The van der Waals surface area contributed by atoms with E-state index in [1.165, 1.54) is 11.1 Å². The summed E-state index contributed by atoms with van der Waals surface area (Å²) in [7, 11) is 0. The van der Waals surface area contributed by atoms with Gasteiger partial charge in [0.05, 0.1) is 6.61 Å². The molecule has 2 rings (SSSR count). The van der Waals surface area contributed by atoms with Gasteiger partial charge in [-0.3, -0.25) is 0 Å². The standard InChI is InChI=1S/C15H19NO2/c1-2-18-15(17)10-11-3-4-13(9-11)12-5-7-14(16)8-6-12/h5-8,10,13H,2-4,9,16H2,1H3/b11-10+. The molecule has 1 aromatic carbocycles. The van der Waals surface area contributed by atoms with Crippen molar-refractivity contribution < 1.29 is 9.53 Å². The molecule has 18 heavy (non-hydrogen) atoms. The molecule has 0 radical (unpaired) electrons. The molecular weight excluding hydrogens is 226 g/mol. The molecule has 2 N–H and O–H groups in total. The zero-order valence-corrected chi connectivity index (χ0v) is 10.7. The Morgan fingerprint density at radius 1 is 1.44 bits per heavy atom. The molecule has 1 atom stereocenters. The van der Waals surface area contributed by atoms with Crippen molar-refractivity contribution in [3.05, 3.63) is 41.5 Å². The number of benzene rings is 1. The van der Waals surface area contributed by atoms with E-state index in [4.69, 9.17) is 10.5 Å². The second-order valence-electron chi connectivity index (χ2n) is 4.66. The van der Waals surface area contributed by atoms with Crippen LogP contribution in [0, 0.1) is 0 Å². The van der Waals surface area contributed by atoms with E-state index < -0.39 is 0 Å². The molecular formula is C15H19NO2. The number of esters is 1. The van der Waals surface area contributed by atoms with Gasteiger partial charge in [0.2, 0.25) is 0 Å². The first-order valence-corrected chi connectivity index (χ1v) is 6.40. The Morgan fingerprint density at radius 2 is 2.17 bits per heavy atom. The highest BCUT2D eigenvalue weighted by molar-refractivity contribution is 5.82. The lowest BCUT2D eigenvalue weighted by Gasteiger charge is -2.08. The summed E-state index contributed by atoms with van der Waals surface area (Å²) in [5, 5.41) is 0. The van der Waals surface area contributed by atoms with E-state index in [9.17, 15) is 4.79 Å².